The summed E-state index contributed by atoms with van der Waals surface area (Å²) in [7, 11) is -4.22. The van der Waals surface area contributed by atoms with Crippen LogP contribution in [0.5, 0.6) is 11.5 Å². The van der Waals surface area contributed by atoms with E-state index in [1.165, 1.54) is 43.3 Å². The quantitative estimate of drug-likeness (QED) is 0.691. The molecule has 1 N–H and O–H groups in total. The van der Waals surface area contributed by atoms with E-state index in [1.54, 1.807) is 0 Å². The molecule has 0 radical (unpaired) electrons. The van der Waals surface area contributed by atoms with Crippen molar-refractivity contribution >= 4 is 10.0 Å². The van der Waals surface area contributed by atoms with Gasteiger partial charge in [0.1, 0.15) is 16.4 Å². The average Bonchev–Trinajstić information content (AvgIpc) is 2.54. The third kappa shape index (κ3) is 5.33. The maximum atomic E-state index is 12.5. The largest absolute Gasteiger partial charge is 0.435 e. The number of para-hydroxylation sites is 1. The van der Waals surface area contributed by atoms with Crippen LogP contribution in [0.25, 0.3) is 0 Å². The molecule has 5 nitrogen and oxygen atoms in total. The van der Waals surface area contributed by atoms with Gasteiger partial charge in [0.05, 0.1) is 0 Å². The number of ether oxygens (including phenoxy) is 2. The molecule has 2 rings (SSSR count). The van der Waals surface area contributed by atoms with E-state index >= 15 is 0 Å². The third-order valence-corrected chi connectivity index (χ3v) is 4.85. The Bertz CT molecular complexity index is 846. The number of benzene rings is 2. The van der Waals surface area contributed by atoms with Crippen LogP contribution in [-0.4, -0.2) is 21.6 Å². The third-order valence-electron chi connectivity index (χ3n) is 3.27. The zero-order valence-electron chi connectivity index (χ0n) is 13.4. The first kappa shape index (κ1) is 20.0. The standard InChI is InChI=1S/C16H15F4NO4S/c1-10(11-5-4-6-12(9-11)24-15(17)18)21-26(22,23)14-8-3-2-7-13(14)25-16(19)20/h2-10,15-16,21H,1H3. The van der Waals surface area contributed by atoms with E-state index in [0.717, 1.165) is 12.1 Å². The van der Waals surface area contributed by atoms with Gasteiger partial charge in [-0.05, 0) is 36.8 Å². The van der Waals surface area contributed by atoms with Gasteiger partial charge in [0.2, 0.25) is 10.0 Å². The minimum Gasteiger partial charge on any atom is -0.435 e. The molecular weight excluding hydrogens is 378 g/mol. The molecule has 26 heavy (non-hydrogen) atoms. The normalized spacial score (nSPS) is 13.0. The van der Waals surface area contributed by atoms with Crippen molar-refractivity contribution in [2.75, 3.05) is 0 Å². The first-order chi connectivity index (χ1) is 12.2. The van der Waals surface area contributed by atoms with Crippen molar-refractivity contribution in [3.05, 3.63) is 54.1 Å². The lowest BCUT2D eigenvalue weighted by Crippen LogP contribution is -2.27. The fourth-order valence-electron chi connectivity index (χ4n) is 2.19. The molecule has 0 aliphatic carbocycles. The highest BCUT2D eigenvalue weighted by molar-refractivity contribution is 7.89. The molecule has 0 fully saturated rings. The maximum absolute atomic E-state index is 12.5. The summed E-state index contributed by atoms with van der Waals surface area (Å²) in [6, 6.07) is 9.55. The zero-order chi connectivity index (χ0) is 19.3. The van der Waals surface area contributed by atoms with E-state index in [9.17, 15) is 26.0 Å². The van der Waals surface area contributed by atoms with Crippen LogP contribution in [0.15, 0.2) is 53.4 Å². The summed E-state index contributed by atoms with van der Waals surface area (Å²) < 4.78 is 85.2. The van der Waals surface area contributed by atoms with Gasteiger partial charge in [-0.3, -0.25) is 0 Å². The molecule has 0 aliphatic heterocycles. The monoisotopic (exact) mass is 393 g/mol. The average molecular weight is 393 g/mol. The van der Waals surface area contributed by atoms with Crippen LogP contribution < -0.4 is 14.2 Å². The van der Waals surface area contributed by atoms with Crippen LogP contribution >= 0.6 is 0 Å². The molecule has 0 saturated carbocycles. The van der Waals surface area contributed by atoms with Gasteiger partial charge in [-0.25, -0.2) is 13.1 Å². The van der Waals surface area contributed by atoms with Gasteiger partial charge >= 0.3 is 13.2 Å². The number of halogens is 4. The number of rotatable bonds is 8. The zero-order valence-corrected chi connectivity index (χ0v) is 14.2. The predicted octanol–water partition coefficient (Wildman–Crippen LogP) is 3.93. The van der Waals surface area contributed by atoms with Gasteiger partial charge in [-0.2, -0.15) is 17.6 Å². The predicted molar refractivity (Wildman–Crippen MR) is 84.9 cm³/mol. The van der Waals surface area contributed by atoms with E-state index in [0.29, 0.717) is 5.56 Å². The Morgan fingerprint density at radius 2 is 1.58 bits per heavy atom. The van der Waals surface area contributed by atoms with E-state index in [1.807, 2.05) is 0 Å². The Kier molecular flexibility index (Phi) is 6.43. The lowest BCUT2D eigenvalue weighted by Gasteiger charge is -2.17. The van der Waals surface area contributed by atoms with Crippen LogP contribution in [-0.2, 0) is 10.0 Å². The minimum atomic E-state index is -4.22. The van der Waals surface area contributed by atoms with E-state index in [2.05, 4.69) is 14.2 Å². The number of alkyl halides is 4. The molecule has 2 aromatic rings. The van der Waals surface area contributed by atoms with E-state index < -0.39 is 39.9 Å². The molecule has 0 saturated heterocycles. The van der Waals surface area contributed by atoms with Crippen molar-refractivity contribution < 1.29 is 35.5 Å². The molecule has 0 aliphatic rings. The van der Waals surface area contributed by atoms with Crippen molar-refractivity contribution in [3.63, 3.8) is 0 Å². The fraction of sp³-hybridized carbons (Fsp3) is 0.250. The maximum Gasteiger partial charge on any atom is 0.387 e. The van der Waals surface area contributed by atoms with Crippen molar-refractivity contribution in [1.82, 2.24) is 4.72 Å². The number of hydrogen-bond acceptors (Lipinski definition) is 4. The molecule has 0 bridgehead atoms. The molecule has 142 valence electrons. The molecule has 10 heteroatoms. The number of sulfonamides is 1. The van der Waals surface area contributed by atoms with Gasteiger partial charge in [0.25, 0.3) is 0 Å². The highest BCUT2D eigenvalue weighted by atomic mass is 32.2. The Balaban J connectivity index is 2.24. The highest BCUT2D eigenvalue weighted by Crippen LogP contribution is 2.27. The van der Waals surface area contributed by atoms with Gasteiger partial charge in [0.15, 0.2) is 0 Å². The second-order valence-corrected chi connectivity index (χ2v) is 6.80. The Hall–Kier alpha value is -2.33. The summed E-state index contributed by atoms with van der Waals surface area (Å²) in [5.41, 5.74) is 0.346. The van der Waals surface area contributed by atoms with Gasteiger partial charge in [0, 0.05) is 6.04 Å². The van der Waals surface area contributed by atoms with Gasteiger partial charge < -0.3 is 9.47 Å². The summed E-state index contributed by atoms with van der Waals surface area (Å²) in [5.74, 6) is -0.637. The van der Waals surface area contributed by atoms with Crippen LogP contribution in [0, 0.1) is 0 Å². The molecular formula is C16H15F4NO4S. The Morgan fingerprint density at radius 3 is 2.23 bits per heavy atom. The second-order valence-electron chi connectivity index (χ2n) is 5.12. The lowest BCUT2D eigenvalue weighted by molar-refractivity contribution is -0.0520. The lowest BCUT2D eigenvalue weighted by atomic mass is 10.1. The van der Waals surface area contributed by atoms with Crippen molar-refractivity contribution in [1.29, 1.82) is 0 Å². The first-order valence-corrected chi connectivity index (χ1v) is 8.78. The summed E-state index contributed by atoms with van der Waals surface area (Å²) in [5, 5.41) is 0. The van der Waals surface area contributed by atoms with E-state index in [-0.39, 0.29) is 5.75 Å². The van der Waals surface area contributed by atoms with Crippen molar-refractivity contribution in [3.8, 4) is 11.5 Å². The first-order valence-electron chi connectivity index (χ1n) is 7.30. The summed E-state index contributed by atoms with van der Waals surface area (Å²) >= 11 is 0. The Morgan fingerprint density at radius 1 is 0.923 bits per heavy atom. The molecule has 0 amide bonds. The molecule has 0 aromatic heterocycles. The number of hydrogen-bond donors (Lipinski definition) is 1. The molecule has 1 unspecified atom stereocenters. The summed E-state index contributed by atoms with van der Waals surface area (Å²) in [4.78, 5) is -0.466. The molecule has 2 aromatic carbocycles. The fourth-order valence-corrected chi connectivity index (χ4v) is 3.56. The topological polar surface area (TPSA) is 64.6 Å². The van der Waals surface area contributed by atoms with E-state index in [4.69, 9.17) is 0 Å². The Labute approximate surface area is 147 Å². The summed E-state index contributed by atoms with van der Waals surface area (Å²) in [6.07, 6.45) is 0. The molecule has 1 atom stereocenters. The number of nitrogens with one attached hydrogen (secondary N) is 1. The second kappa shape index (κ2) is 8.37. The highest BCUT2D eigenvalue weighted by Gasteiger charge is 2.24. The van der Waals surface area contributed by atoms with Gasteiger partial charge in [-0.1, -0.05) is 24.3 Å². The molecule has 0 heterocycles. The van der Waals surface area contributed by atoms with Gasteiger partial charge in [-0.15, -0.1) is 0 Å². The SMILES string of the molecule is CC(NS(=O)(=O)c1ccccc1OC(F)F)c1cccc(OC(F)F)c1. The van der Waals surface area contributed by atoms with Crippen LogP contribution in [0.1, 0.15) is 18.5 Å². The minimum absolute atomic E-state index is 0.134. The summed E-state index contributed by atoms with van der Waals surface area (Å²) in [6.45, 7) is -4.74. The van der Waals surface area contributed by atoms with Crippen LogP contribution in [0.3, 0.4) is 0 Å². The van der Waals surface area contributed by atoms with Crippen molar-refractivity contribution in [2.24, 2.45) is 0 Å². The van der Waals surface area contributed by atoms with Crippen molar-refractivity contribution in [2.45, 2.75) is 31.1 Å². The molecule has 0 spiro atoms. The smallest absolute Gasteiger partial charge is 0.387 e. The van der Waals surface area contributed by atoms with Crippen LogP contribution in [0.2, 0.25) is 0 Å². The van der Waals surface area contributed by atoms with Crippen LogP contribution in [0.4, 0.5) is 17.6 Å².